The van der Waals surface area contributed by atoms with Gasteiger partial charge in [0.05, 0.1) is 0 Å². The first-order valence-electron chi connectivity index (χ1n) is 9.63. The lowest BCUT2D eigenvalue weighted by Crippen LogP contribution is -2.41. The number of guanidine groups is 1. The van der Waals surface area contributed by atoms with Crippen LogP contribution in [0.3, 0.4) is 0 Å². The third-order valence-electron chi connectivity index (χ3n) is 4.98. The summed E-state index contributed by atoms with van der Waals surface area (Å²) in [6, 6.07) is 8.32. The molecule has 26 heavy (non-hydrogen) atoms. The van der Waals surface area contributed by atoms with Crippen LogP contribution in [0.25, 0.3) is 0 Å². The molecule has 6 nitrogen and oxygen atoms in total. The van der Waals surface area contributed by atoms with E-state index < -0.39 is 0 Å². The monoisotopic (exact) mass is 359 g/mol. The minimum Gasteiger partial charge on any atom is -0.356 e. The highest BCUT2D eigenvalue weighted by atomic mass is 16.1. The second kappa shape index (κ2) is 10.8. The molecule has 1 amide bonds. The summed E-state index contributed by atoms with van der Waals surface area (Å²) in [5, 5.41) is 9.33. The Balaban J connectivity index is 1.68. The van der Waals surface area contributed by atoms with Gasteiger partial charge in [0.15, 0.2) is 5.96 Å². The van der Waals surface area contributed by atoms with E-state index >= 15 is 0 Å². The topological polar surface area (TPSA) is 68.8 Å². The average Bonchev–Trinajstić information content (AvgIpc) is 2.68. The van der Waals surface area contributed by atoms with Crippen LogP contribution in [0.5, 0.6) is 0 Å². The lowest BCUT2D eigenvalue weighted by Gasteiger charge is -2.33. The normalized spacial score (nSPS) is 18.4. The van der Waals surface area contributed by atoms with Gasteiger partial charge in [0.1, 0.15) is 0 Å². The zero-order chi connectivity index (χ0) is 18.8. The predicted octanol–water partition coefficient (Wildman–Crippen LogP) is 1.98. The van der Waals surface area contributed by atoms with Crippen LogP contribution in [0, 0.1) is 0 Å². The summed E-state index contributed by atoms with van der Waals surface area (Å²) in [7, 11) is 3.43. The van der Waals surface area contributed by atoms with Crippen molar-refractivity contribution < 1.29 is 4.79 Å². The van der Waals surface area contributed by atoms with E-state index in [9.17, 15) is 4.79 Å². The maximum atomic E-state index is 11.6. The maximum absolute atomic E-state index is 11.6. The first-order chi connectivity index (χ1) is 12.6. The molecule has 1 fully saturated rings. The van der Waals surface area contributed by atoms with Gasteiger partial charge in [-0.2, -0.15) is 0 Å². The standard InChI is InChI=1S/C20H33N5O/c1-16-7-4-5-13-25(16)14-6-12-23-20(22-3)24-15-17-8-10-18(11-9-17)19(26)21-2/h8-11,16H,4-7,12-15H2,1-3H3,(H,21,26)(H2,22,23,24). The summed E-state index contributed by atoms with van der Waals surface area (Å²) in [4.78, 5) is 18.4. The van der Waals surface area contributed by atoms with E-state index in [0.29, 0.717) is 12.1 Å². The van der Waals surface area contributed by atoms with E-state index in [2.05, 4.69) is 32.8 Å². The Labute approximate surface area is 157 Å². The molecule has 1 heterocycles. The largest absolute Gasteiger partial charge is 0.356 e. The second-order valence-corrected chi connectivity index (χ2v) is 6.86. The highest BCUT2D eigenvalue weighted by Gasteiger charge is 2.17. The van der Waals surface area contributed by atoms with Crippen LogP contribution >= 0.6 is 0 Å². The van der Waals surface area contributed by atoms with Crippen molar-refractivity contribution in [3.63, 3.8) is 0 Å². The van der Waals surface area contributed by atoms with Gasteiger partial charge in [-0.05, 0) is 50.4 Å². The van der Waals surface area contributed by atoms with E-state index in [1.54, 1.807) is 14.1 Å². The molecule has 0 radical (unpaired) electrons. The Morgan fingerprint density at radius 2 is 2.00 bits per heavy atom. The molecule has 0 aliphatic carbocycles. The molecule has 6 heteroatoms. The van der Waals surface area contributed by atoms with Crippen LogP contribution in [0.4, 0.5) is 0 Å². The van der Waals surface area contributed by atoms with Gasteiger partial charge in [-0.1, -0.05) is 18.6 Å². The van der Waals surface area contributed by atoms with Crippen LogP contribution in [-0.4, -0.2) is 56.5 Å². The van der Waals surface area contributed by atoms with Gasteiger partial charge in [-0.15, -0.1) is 0 Å². The quantitative estimate of drug-likeness (QED) is 0.396. The van der Waals surface area contributed by atoms with Crippen molar-refractivity contribution in [2.75, 3.05) is 33.7 Å². The Hall–Kier alpha value is -2.08. The fourth-order valence-corrected chi connectivity index (χ4v) is 3.30. The van der Waals surface area contributed by atoms with Crippen molar-refractivity contribution >= 4 is 11.9 Å². The number of rotatable bonds is 7. The van der Waals surface area contributed by atoms with Gasteiger partial charge in [-0.3, -0.25) is 9.79 Å². The van der Waals surface area contributed by atoms with Crippen LogP contribution < -0.4 is 16.0 Å². The minimum atomic E-state index is -0.0648. The number of piperidine rings is 1. The molecule has 0 bridgehead atoms. The van der Waals surface area contributed by atoms with E-state index in [-0.39, 0.29) is 5.91 Å². The molecule has 1 aromatic carbocycles. The first kappa shape index (κ1) is 20.2. The zero-order valence-electron chi connectivity index (χ0n) is 16.3. The van der Waals surface area contributed by atoms with Crippen LogP contribution in [0.1, 0.15) is 48.5 Å². The third-order valence-corrected chi connectivity index (χ3v) is 4.98. The van der Waals surface area contributed by atoms with Crippen molar-refractivity contribution in [1.29, 1.82) is 0 Å². The minimum absolute atomic E-state index is 0.0648. The van der Waals surface area contributed by atoms with Gasteiger partial charge in [0.25, 0.3) is 5.91 Å². The van der Waals surface area contributed by atoms with E-state index in [0.717, 1.165) is 37.1 Å². The fraction of sp³-hybridized carbons (Fsp3) is 0.600. The summed E-state index contributed by atoms with van der Waals surface area (Å²) >= 11 is 0. The highest BCUT2D eigenvalue weighted by Crippen LogP contribution is 2.16. The molecule has 0 saturated carbocycles. The highest BCUT2D eigenvalue weighted by molar-refractivity contribution is 5.93. The second-order valence-electron chi connectivity index (χ2n) is 6.86. The Morgan fingerprint density at radius 3 is 2.65 bits per heavy atom. The molecule has 1 aliphatic rings. The molecule has 144 valence electrons. The lowest BCUT2D eigenvalue weighted by molar-refractivity contribution is 0.0963. The van der Waals surface area contributed by atoms with Gasteiger partial charge < -0.3 is 20.9 Å². The number of aliphatic imine (C=N–C) groups is 1. The molecule has 1 aromatic rings. The number of hydrogen-bond donors (Lipinski definition) is 3. The molecule has 1 aliphatic heterocycles. The molecule has 1 saturated heterocycles. The predicted molar refractivity (Wildman–Crippen MR) is 108 cm³/mol. The smallest absolute Gasteiger partial charge is 0.251 e. The third kappa shape index (κ3) is 6.33. The van der Waals surface area contributed by atoms with Crippen molar-refractivity contribution in [2.45, 2.75) is 45.2 Å². The lowest BCUT2D eigenvalue weighted by atomic mass is 10.0. The SMILES string of the molecule is CN=C(NCCCN1CCCCC1C)NCc1ccc(C(=O)NC)cc1. The molecular weight excluding hydrogens is 326 g/mol. The molecule has 0 aromatic heterocycles. The molecule has 2 rings (SSSR count). The van der Waals surface area contributed by atoms with Crippen LogP contribution in [0.2, 0.25) is 0 Å². The number of carbonyl (C=O) groups excluding carboxylic acids is 1. The van der Waals surface area contributed by atoms with Gasteiger partial charge >= 0.3 is 0 Å². The molecule has 1 unspecified atom stereocenters. The Kier molecular flexibility index (Phi) is 8.41. The van der Waals surface area contributed by atoms with Gasteiger partial charge in [0.2, 0.25) is 0 Å². The van der Waals surface area contributed by atoms with Crippen molar-refractivity contribution in [1.82, 2.24) is 20.9 Å². The summed E-state index contributed by atoms with van der Waals surface area (Å²) < 4.78 is 0. The van der Waals surface area contributed by atoms with Gasteiger partial charge in [0, 0.05) is 45.3 Å². The zero-order valence-corrected chi connectivity index (χ0v) is 16.3. The summed E-state index contributed by atoms with van der Waals surface area (Å²) in [5.41, 5.74) is 1.79. The number of amides is 1. The van der Waals surface area contributed by atoms with Crippen LogP contribution in [-0.2, 0) is 6.54 Å². The van der Waals surface area contributed by atoms with Crippen molar-refractivity contribution in [3.8, 4) is 0 Å². The Bertz CT molecular complexity index is 584. The van der Waals surface area contributed by atoms with Crippen LogP contribution in [0.15, 0.2) is 29.3 Å². The number of benzene rings is 1. The van der Waals surface area contributed by atoms with E-state index in [1.165, 1.54) is 25.8 Å². The summed E-state index contributed by atoms with van der Waals surface area (Å²) in [6.07, 6.45) is 5.15. The molecular formula is C20H33N5O. The first-order valence-corrected chi connectivity index (χ1v) is 9.63. The molecule has 3 N–H and O–H groups in total. The number of nitrogens with one attached hydrogen (secondary N) is 3. The number of likely N-dealkylation sites (tertiary alicyclic amines) is 1. The number of nitrogens with zero attached hydrogens (tertiary/aromatic N) is 2. The summed E-state index contributed by atoms with van der Waals surface area (Å²) in [6.45, 7) is 6.31. The maximum Gasteiger partial charge on any atom is 0.251 e. The van der Waals surface area contributed by atoms with Crippen molar-refractivity contribution in [2.24, 2.45) is 4.99 Å². The Morgan fingerprint density at radius 1 is 1.23 bits per heavy atom. The van der Waals surface area contributed by atoms with Gasteiger partial charge in [-0.25, -0.2) is 0 Å². The van der Waals surface area contributed by atoms with E-state index in [4.69, 9.17) is 0 Å². The average molecular weight is 360 g/mol. The number of hydrogen-bond acceptors (Lipinski definition) is 3. The fourth-order valence-electron chi connectivity index (χ4n) is 3.30. The van der Waals surface area contributed by atoms with Crippen molar-refractivity contribution in [3.05, 3.63) is 35.4 Å². The number of carbonyl (C=O) groups is 1. The van der Waals surface area contributed by atoms with E-state index in [1.807, 2.05) is 24.3 Å². The molecule has 1 atom stereocenters. The summed E-state index contributed by atoms with van der Waals surface area (Å²) in [5.74, 6) is 0.747. The molecule has 0 spiro atoms.